The SMILES string of the molecule is CCNC(CC(C)C)C1CCC(C(C)(C)C)CC1. The Morgan fingerprint density at radius 2 is 1.61 bits per heavy atom. The minimum Gasteiger partial charge on any atom is -0.314 e. The van der Waals surface area contributed by atoms with Gasteiger partial charge in [-0.2, -0.15) is 0 Å². The average molecular weight is 253 g/mol. The molecule has 1 rings (SSSR count). The summed E-state index contributed by atoms with van der Waals surface area (Å²) in [7, 11) is 0. The van der Waals surface area contributed by atoms with Crippen molar-refractivity contribution in [1.29, 1.82) is 0 Å². The van der Waals surface area contributed by atoms with Crippen LogP contribution in [0.25, 0.3) is 0 Å². The first-order chi connectivity index (χ1) is 8.34. The Morgan fingerprint density at radius 3 is 2.00 bits per heavy atom. The van der Waals surface area contributed by atoms with E-state index in [0.29, 0.717) is 5.41 Å². The second kappa shape index (κ2) is 6.93. The molecule has 1 atom stereocenters. The van der Waals surface area contributed by atoms with Gasteiger partial charge in [-0.15, -0.1) is 0 Å². The van der Waals surface area contributed by atoms with Crippen molar-refractivity contribution < 1.29 is 0 Å². The highest BCUT2D eigenvalue weighted by atomic mass is 14.9. The predicted molar refractivity (Wildman–Crippen MR) is 81.8 cm³/mol. The summed E-state index contributed by atoms with van der Waals surface area (Å²) in [4.78, 5) is 0. The van der Waals surface area contributed by atoms with Gasteiger partial charge in [0.1, 0.15) is 0 Å². The fraction of sp³-hybridized carbons (Fsp3) is 1.00. The average Bonchev–Trinajstić information content (AvgIpc) is 2.27. The van der Waals surface area contributed by atoms with Crippen LogP contribution in [0.5, 0.6) is 0 Å². The molecule has 108 valence electrons. The molecule has 18 heavy (non-hydrogen) atoms. The van der Waals surface area contributed by atoms with E-state index >= 15 is 0 Å². The van der Waals surface area contributed by atoms with Gasteiger partial charge in [-0.05, 0) is 61.8 Å². The maximum atomic E-state index is 3.74. The standard InChI is InChI=1S/C17H35N/c1-7-18-16(12-13(2)3)14-8-10-15(11-9-14)17(4,5)6/h13-16,18H,7-12H2,1-6H3. The Bertz CT molecular complexity index is 218. The van der Waals surface area contributed by atoms with Crippen LogP contribution < -0.4 is 5.32 Å². The van der Waals surface area contributed by atoms with E-state index in [1.807, 2.05) is 0 Å². The van der Waals surface area contributed by atoms with Gasteiger partial charge in [0, 0.05) is 6.04 Å². The lowest BCUT2D eigenvalue weighted by molar-refractivity contribution is 0.127. The van der Waals surface area contributed by atoms with Crippen molar-refractivity contribution in [2.45, 2.75) is 79.7 Å². The molecule has 0 amide bonds. The van der Waals surface area contributed by atoms with Crippen molar-refractivity contribution in [3.63, 3.8) is 0 Å². The zero-order valence-corrected chi connectivity index (χ0v) is 13.6. The van der Waals surface area contributed by atoms with E-state index in [2.05, 4.69) is 46.9 Å². The fourth-order valence-corrected chi connectivity index (χ4v) is 3.60. The molecule has 0 aliphatic heterocycles. The Morgan fingerprint density at radius 1 is 1.06 bits per heavy atom. The Labute approximate surface area is 115 Å². The molecule has 0 aromatic heterocycles. The molecule has 1 fully saturated rings. The predicted octanol–water partition coefficient (Wildman–Crippen LogP) is 4.86. The maximum absolute atomic E-state index is 3.74. The highest BCUT2D eigenvalue weighted by Gasteiger charge is 2.32. The molecule has 0 aromatic rings. The fourth-order valence-electron chi connectivity index (χ4n) is 3.60. The molecule has 1 aliphatic rings. The second-order valence-electron chi connectivity index (χ2n) is 7.77. The van der Waals surface area contributed by atoms with E-state index < -0.39 is 0 Å². The van der Waals surface area contributed by atoms with Crippen molar-refractivity contribution in [2.24, 2.45) is 23.2 Å². The Balaban J connectivity index is 2.48. The zero-order valence-electron chi connectivity index (χ0n) is 13.6. The first-order valence-corrected chi connectivity index (χ1v) is 8.08. The molecular formula is C17H35N. The van der Waals surface area contributed by atoms with Crippen LogP contribution in [0.1, 0.15) is 73.6 Å². The normalized spacial score (nSPS) is 27.5. The van der Waals surface area contributed by atoms with E-state index in [4.69, 9.17) is 0 Å². The third-order valence-corrected chi connectivity index (χ3v) is 4.76. The largest absolute Gasteiger partial charge is 0.314 e. The minimum absolute atomic E-state index is 0.511. The summed E-state index contributed by atoms with van der Waals surface area (Å²) in [6.07, 6.45) is 7.10. The summed E-state index contributed by atoms with van der Waals surface area (Å²) < 4.78 is 0. The topological polar surface area (TPSA) is 12.0 Å². The van der Waals surface area contributed by atoms with Crippen LogP contribution in [-0.2, 0) is 0 Å². The number of hydrogen-bond acceptors (Lipinski definition) is 1. The van der Waals surface area contributed by atoms with Crippen LogP contribution in [0, 0.1) is 23.2 Å². The van der Waals surface area contributed by atoms with Crippen LogP contribution in [0.4, 0.5) is 0 Å². The monoisotopic (exact) mass is 253 g/mol. The van der Waals surface area contributed by atoms with Crippen molar-refractivity contribution in [1.82, 2.24) is 5.32 Å². The molecule has 1 unspecified atom stereocenters. The van der Waals surface area contributed by atoms with Gasteiger partial charge in [0.05, 0.1) is 0 Å². The van der Waals surface area contributed by atoms with Gasteiger partial charge < -0.3 is 5.32 Å². The number of rotatable bonds is 5. The van der Waals surface area contributed by atoms with E-state index in [1.165, 1.54) is 32.1 Å². The lowest BCUT2D eigenvalue weighted by Gasteiger charge is -2.40. The van der Waals surface area contributed by atoms with Crippen LogP contribution in [0.3, 0.4) is 0 Å². The third kappa shape index (κ3) is 4.91. The van der Waals surface area contributed by atoms with Crippen molar-refractivity contribution in [3.05, 3.63) is 0 Å². The molecule has 0 aromatic carbocycles. The molecule has 1 aliphatic carbocycles. The summed E-state index contributed by atoms with van der Waals surface area (Å²) in [6, 6.07) is 0.760. The molecule has 0 radical (unpaired) electrons. The van der Waals surface area contributed by atoms with Crippen LogP contribution in [-0.4, -0.2) is 12.6 Å². The maximum Gasteiger partial charge on any atom is 0.00976 e. The number of nitrogens with one attached hydrogen (secondary N) is 1. The van der Waals surface area contributed by atoms with Gasteiger partial charge >= 0.3 is 0 Å². The van der Waals surface area contributed by atoms with Crippen molar-refractivity contribution >= 4 is 0 Å². The van der Waals surface area contributed by atoms with Crippen molar-refractivity contribution in [3.8, 4) is 0 Å². The Kier molecular flexibility index (Phi) is 6.17. The van der Waals surface area contributed by atoms with Gasteiger partial charge in [0.2, 0.25) is 0 Å². The van der Waals surface area contributed by atoms with E-state index in [1.54, 1.807) is 0 Å². The summed E-state index contributed by atoms with van der Waals surface area (Å²) in [5.74, 6) is 2.68. The highest BCUT2D eigenvalue weighted by Crippen LogP contribution is 2.41. The smallest absolute Gasteiger partial charge is 0.00976 e. The molecule has 0 saturated heterocycles. The quantitative estimate of drug-likeness (QED) is 0.737. The van der Waals surface area contributed by atoms with Gasteiger partial charge in [0.15, 0.2) is 0 Å². The van der Waals surface area contributed by atoms with Crippen molar-refractivity contribution in [2.75, 3.05) is 6.54 Å². The van der Waals surface area contributed by atoms with Crippen LogP contribution in [0.2, 0.25) is 0 Å². The van der Waals surface area contributed by atoms with E-state index in [-0.39, 0.29) is 0 Å². The minimum atomic E-state index is 0.511. The van der Waals surface area contributed by atoms with Gasteiger partial charge in [-0.25, -0.2) is 0 Å². The second-order valence-corrected chi connectivity index (χ2v) is 7.77. The highest BCUT2D eigenvalue weighted by molar-refractivity contribution is 4.86. The van der Waals surface area contributed by atoms with E-state index in [9.17, 15) is 0 Å². The van der Waals surface area contributed by atoms with Gasteiger partial charge in [-0.3, -0.25) is 0 Å². The molecule has 1 saturated carbocycles. The van der Waals surface area contributed by atoms with Gasteiger partial charge in [0.25, 0.3) is 0 Å². The van der Waals surface area contributed by atoms with Crippen LogP contribution in [0.15, 0.2) is 0 Å². The lowest BCUT2D eigenvalue weighted by atomic mass is 9.68. The molecule has 1 N–H and O–H groups in total. The third-order valence-electron chi connectivity index (χ3n) is 4.76. The van der Waals surface area contributed by atoms with Crippen LogP contribution >= 0.6 is 0 Å². The summed E-state index contributed by atoms with van der Waals surface area (Å²) in [5.41, 5.74) is 0.511. The number of hydrogen-bond donors (Lipinski definition) is 1. The first kappa shape index (κ1) is 16.0. The molecule has 0 spiro atoms. The molecule has 0 bridgehead atoms. The summed E-state index contributed by atoms with van der Waals surface area (Å²) >= 11 is 0. The summed E-state index contributed by atoms with van der Waals surface area (Å²) in [5, 5.41) is 3.74. The first-order valence-electron chi connectivity index (χ1n) is 8.08. The lowest BCUT2D eigenvalue weighted by Crippen LogP contribution is -2.40. The molecular weight excluding hydrogens is 218 g/mol. The zero-order chi connectivity index (χ0) is 13.8. The van der Waals surface area contributed by atoms with Gasteiger partial charge in [-0.1, -0.05) is 41.5 Å². The Hall–Kier alpha value is -0.0400. The molecule has 1 heteroatoms. The molecule has 0 heterocycles. The van der Waals surface area contributed by atoms with E-state index in [0.717, 1.165) is 30.3 Å². The summed E-state index contributed by atoms with van der Waals surface area (Å²) in [6.45, 7) is 15.3. The molecule has 1 nitrogen and oxygen atoms in total.